The van der Waals surface area contributed by atoms with Gasteiger partial charge in [0.2, 0.25) is 5.91 Å². The standard InChI is InChI=1S/C22H19ClN2O2S/c1-15-5-2-6-16(11-15)22(27)25-19-9-4-10-20(13-19)28-14-21(26)24-18-8-3-7-17(23)12-18/h2-13H,14H2,1H3,(H,24,26)(H,25,27). The fourth-order valence-electron chi connectivity index (χ4n) is 2.57. The van der Waals surface area contributed by atoms with Crippen LogP contribution < -0.4 is 10.6 Å². The lowest BCUT2D eigenvalue weighted by Gasteiger charge is -2.09. The highest BCUT2D eigenvalue weighted by molar-refractivity contribution is 8.00. The minimum atomic E-state index is -0.162. The Morgan fingerprint density at radius 1 is 0.893 bits per heavy atom. The first-order valence-electron chi connectivity index (χ1n) is 8.66. The van der Waals surface area contributed by atoms with Crippen molar-refractivity contribution in [1.29, 1.82) is 0 Å². The third-order valence-electron chi connectivity index (χ3n) is 3.85. The van der Waals surface area contributed by atoms with E-state index in [1.807, 2.05) is 49.4 Å². The third-order valence-corrected chi connectivity index (χ3v) is 5.08. The molecule has 0 fully saturated rings. The van der Waals surface area contributed by atoms with Crippen molar-refractivity contribution < 1.29 is 9.59 Å². The molecule has 0 unspecified atom stereocenters. The van der Waals surface area contributed by atoms with Crippen molar-refractivity contribution in [1.82, 2.24) is 0 Å². The van der Waals surface area contributed by atoms with E-state index in [0.717, 1.165) is 10.5 Å². The maximum atomic E-state index is 12.4. The zero-order chi connectivity index (χ0) is 19.9. The number of thioether (sulfide) groups is 1. The summed E-state index contributed by atoms with van der Waals surface area (Å²) in [5, 5.41) is 6.28. The van der Waals surface area contributed by atoms with Gasteiger partial charge in [0.05, 0.1) is 5.75 Å². The Kier molecular flexibility index (Phi) is 6.74. The normalized spacial score (nSPS) is 10.4. The van der Waals surface area contributed by atoms with E-state index in [-0.39, 0.29) is 17.6 Å². The van der Waals surface area contributed by atoms with Gasteiger partial charge in [-0.1, -0.05) is 41.4 Å². The second-order valence-electron chi connectivity index (χ2n) is 6.20. The van der Waals surface area contributed by atoms with Gasteiger partial charge in [0, 0.05) is 26.9 Å². The molecule has 0 radical (unpaired) electrons. The lowest BCUT2D eigenvalue weighted by atomic mass is 10.1. The number of hydrogen-bond acceptors (Lipinski definition) is 3. The van der Waals surface area contributed by atoms with Crippen molar-refractivity contribution in [2.45, 2.75) is 11.8 Å². The maximum Gasteiger partial charge on any atom is 0.255 e. The van der Waals surface area contributed by atoms with E-state index in [1.54, 1.807) is 30.3 Å². The molecule has 4 nitrogen and oxygen atoms in total. The van der Waals surface area contributed by atoms with E-state index in [9.17, 15) is 9.59 Å². The number of anilines is 2. The molecule has 3 aromatic carbocycles. The van der Waals surface area contributed by atoms with Crippen LogP contribution in [0.4, 0.5) is 11.4 Å². The molecule has 0 atom stereocenters. The van der Waals surface area contributed by atoms with Crippen LogP contribution in [0.3, 0.4) is 0 Å². The summed E-state index contributed by atoms with van der Waals surface area (Å²) >= 11 is 7.32. The number of carbonyl (C=O) groups excluding carboxylic acids is 2. The number of nitrogens with one attached hydrogen (secondary N) is 2. The Labute approximate surface area is 173 Å². The number of aryl methyl sites for hydroxylation is 1. The summed E-state index contributed by atoms with van der Waals surface area (Å²) in [6.07, 6.45) is 0. The van der Waals surface area contributed by atoms with Gasteiger partial charge in [0.15, 0.2) is 0 Å². The quantitative estimate of drug-likeness (QED) is 0.517. The van der Waals surface area contributed by atoms with Crippen LogP contribution in [-0.4, -0.2) is 17.6 Å². The molecule has 6 heteroatoms. The van der Waals surface area contributed by atoms with Gasteiger partial charge >= 0.3 is 0 Å². The van der Waals surface area contributed by atoms with E-state index in [4.69, 9.17) is 11.6 Å². The topological polar surface area (TPSA) is 58.2 Å². The maximum absolute atomic E-state index is 12.4. The van der Waals surface area contributed by atoms with Crippen molar-refractivity contribution in [3.8, 4) is 0 Å². The van der Waals surface area contributed by atoms with Gasteiger partial charge in [-0.25, -0.2) is 0 Å². The molecular formula is C22H19ClN2O2S. The minimum Gasteiger partial charge on any atom is -0.325 e. The number of benzene rings is 3. The first-order valence-corrected chi connectivity index (χ1v) is 10.0. The smallest absolute Gasteiger partial charge is 0.255 e. The van der Waals surface area contributed by atoms with E-state index in [0.29, 0.717) is 22.0 Å². The Morgan fingerprint density at radius 3 is 2.36 bits per heavy atom. The molecule has 0 saturated carbocycles. The van der Waals surface area contributed by atoms with Crippen molar-refractivity contribution in [2.75, 3.05) is 16.4 Å². The van der Waals surface area contributed by atoms with E-state index in [1.165, 1.54) is 11.8 Å². The summed E-state index contributed by atoms with van der Waals surface area (Å²) in [4.78, 5) is 25.4. The van der Waals surface area contributed by atoms with Crippen LogP contribution >= 0.6 is 23.4 Å². The second kappa shape index (κ2) is 9.44. The number of carbonyl (C=O) groups is 2. The van der Waals surface area contributed by atoms with Gasteiger partial charge in [0.1, 0.15) is 0 Å². The highest BCUT2D eigenvalue weighted by Gasteiger charge is 2.08. The van der Waals surface area contributed by atoms with Crippen LogP contribution in [0.2, 0.25) is 5.02 Å². The summed E-state index contributed by atoms with van der Waals surface area (Å²) in [5.41, 5.74) is 2.99. The molecule has 0 saturated heterocycles. The third kappa shape index (κ3) is 5.87. The summed E-state index contributed by atoms with van der Waals surface area (Å²) in [6, 6.07) is 21.9. The molecule has 0 aromatic heterocycles. The monoisotopic (exact) mass is 410 g/mol. The molecule has 2 amide bonds. The lowest BCUT2D eigenvalue weighted by Crippen LogP contribution is -2.14. The van der Waals surface area contributed by atoms with Crippen molar-refractivity contribution in [3.63, 3.8) is 0 Å². The molecule has 0 aliphatic heterocycles. The summed E-state index contributed by atoms with van der Waals surface area (Å²) in [5.74, 6) is -0.0343. The highest BCUT2D eigenvalue weighted by Crippen LogP contribution is 2.23. The minimum absolute atomic E-state index is 0.124. The molecule has 0 spiro atoms. The summed E-state index contributed by atoms with van der Waals surface area (Å²) in [6.45, 7) is 1.95. The zero-order valence-corrected chi connectivity index (χ0v) is 16.8. The van der Waals surface area contributed by atoms with E-state index in [2.05, 4.69) is 10.6 Å². The first-order chi connectivity index (χ1) is 13.5. The second-order valence-corrected chi connectivity index (χ2v) is 7.68. The largest absolute Gasteiger partial charge is 0.325 e. The molecule has 2 N–H and O–H groups in total. The summed E-state index contributed by atoms with van der Waals surface area (Å²) in [7, 11) is 0. The van der Waals surface area contributed by atoms with Gasteiger partial charge in [-0.2, -0.15) is 0 Å². The van der Waals surface area contributed by atoms with Gasteiger partial charge < -0.3 is 10.6 Å². The molecule has 3 rings (SSSR count). The van der Waals surface area contributed by atoms with E-state index >= 15 is 0 Å². The van der Waals surface area contributed by atoms with Crippen LogP contribution in [0.25, 0.3) is 0 Å². The first kappa shape index (κ1) is 20.0. The zero-order valence-electron chi connectivity index (χ0n) is 15.2. The number of amides is 2. The lowest BCUT2D eigenvalue weighted by molar-refractivity contribution is -0.113. The van der Waals surface area contributed by atoms with Crippen LogP contribution in [0.15, 0.2) is 77.7 Å². The van der Waals surface area contributed by atoms with E-state index < -0.39 is 0 Å². The van der Waals surface area contributed by atoms with Crippen LogP contribution in [-0.2, 0) is 4.79 Å². The fourth-order valence-corrected chi connectivity index (χ4v) is 3.51. The molecule has 28 heavy (non-hydrogen) atoms. The van der Waals surface area contributed by atoms with Gasteiger partial charge in [-0.15, -0.1) is 11.8 Å². The predicted molar refractivity (Wildman–Crippen MR) is 116 cm³/mol. The van der Waals surface area contributed by atoms with Crippen molar-refractivity contribution >= 4 is 46.6 Å². The van der Waals surface area contributed by atoms with Gasteiger partial charge in [0.25, 0.3) is 5.91 Å². The van der Waals surface area contributed by atoms with Crippen molar-refractivity contribution in [2.24, 2.45) is 0 Å². The molecule has 0 aliphatic rings. The number of hydrogen-bond donors (Lipinski definition) is 2. The number of rotatable bonds is 6. The van der Waals surface area contributed by atoms with Crippen LogP contribution in [0.5, 0.6) is 0 Å². The molecule has 0 bridgehead atoms. The number of halogens is 1. The molecular weight excluding hydrogens is 392 g/mol. The average Bonchev–Trinajstić information content (AvgIpc) is 2.67. The molecule has 0 heterocycles. The van der Waals surface area contributed by atoms with Crippen molar-refractivity contribution in [3.05, 3.63) is 88.9 Å². The Bertz CT molecular complexity index is 1010. The Hall–Kier alpha value is -2.76. The molecule has 0 aliphatic carbocycles. The molecule has 3 aromatic rings. The van der Waals surface area contributed by atoms with Crippen LogP contribution in [0.1, 0.15) is 15.9 Å². The molecule has 142 valence electrons. The summed E-state index contributed by atoms with van der Waals surface area (Å²) < 4.78 is 0. The SMILES string of the molecule is Cc1cccc(C(=O)Nc2cccc(SCC(=O)Nc3cccc(Cl)c3)c2)c1. The van der Waals surface area contributed by atoms with Crippen LogP contribution in [0, 0.1) is 6.92 Å². The fraction of sp³-hybridized carbons (Fsp3) is 0.0909. The predicted octanol–water partition coefficient (Wildman–Crippen LogP) is 5.63. The average molecular weight is 411 g/mol. The van der Waals surface area contributed by atoms with Gasteiger partial charge in [-0.05, 0) is 55.5 Å². The Morgan fingerprint density at radius 2 is 1.61 bits per heavy atom. The highest BCUT2D eigenvalue weighted by atomic mass is 35.5. The van der Waals surface area contributed by atoms with Gasteiger partial charge in [-0.3, -0.25) is 9.59 Å². The Balaban J connectivity index is 1.57.